The summed E-state index contributed by atoms with van der Waals surface area (Å²) in [5.41, 5.74) is 0.677. The molecule has 0 aliphatic carbocycles. The van der Waals surface area contributed by atoms with E-state index in [0.29, 0.717) is 56.6 Å². The summed E-state index contributed by atoms with van der Waals surface area (Å²) in [6, 6.07) is 5.38. The van der Waals surface area contributed by atoms with Crippen LogP contribution in [-0.2, 0) is 9.53 Å². The second kappa shape index (κ2) is 10.6. The Morgan fingerprint density at radius 2 is 1.70 bits per heavy atom. The smallest absolute Gasteiger partial charge is 0.410 e. The number of ether oxygens (including phenoxy) is 3. The number of nitrogens with zero attached hydrogens (tertiary/aromatic N) is 1. The van der Waals surface area contributed by atoms with Gasteiger partial charge in [-0.3, -0.25) is 9.69 Å². The molecule has 150 valence electrons. The van der Waals surface area contributed by atoms with Gasteiger partial charge in [-0.05, 0) is 32.9 Å². The first kappa shape index (κ1) is 20.8. The van der Waals surface area contributed by atoms with Gasteiger partial charge in [0.15, 0.2) is 18.0 Å². The van der Waals surface area contributed by atoms with Crippen molar-refractivity contribution in [2.45, 2.75) is 20.8 Å². The second-order valence-corrected chi connectivity index (χ2v) is 6.19. The van der Waals surface area contributed by atoms with Crippen molar-refractivity contribution >= 4 is 17.7 Å². The van der Waals surface area contributed by atoms with Gasteiger partial charge < -0.3 is 24.4 Å². The zero-order chi connectivity index (χ0) is 19.6. The first-order valence-electron chi connectivity index (χ1n) is 9.52. The zero-order valence-corrected chi connectivity index (χ0v) is 16.4. The molecule has 1 aromatic rings. The fourth-order valence-electron chi connectivity index (χ4n) is 2.96. The Labute approximate surface area is 160 Å². The molecular formula is C19H30N3O5+. The minimum Gasteiger partial charge on any atom is -0.490 e. The number of piperazine rings is 1. The summed E-state index contributed by atoms with van der Waals surface area (Å²) in [7, 11) is 0. The normalized spacial score (nSPS) is 14.6. The molecule has 1 heterocycles. The van der Waals surface area contributed by atoms with E-state index in [2.05, 4.69) is 5.32 Å². The topological polar surface area (TPSA) is 81.5 Å². The lowest BCUT2D eigenvalue weighted by atomic mass is 10.2. The van der Waals surface area contributed by atoms with Crippen molar-refractivity contribution in [3.8, 4) is 11.5 Å². The van der Waals surface area contributed by atoms with Gasteiger partial charge in [0.1, 0.15) is 0 Å². The van der Waals surface area contributed by atoms with E-state index in [1.54, 1.807) is 30.0 Å². The van der Waals surface area contributed by atoms with E-state index in [0.717, 1.165) is 18.0 Å². The first-order valence-corrected chi connectivity index (χ1v) is 9.52. The van der Waals surface area contributed by atoms with Gasteiger partial charge in [0.05, 0.1) is 46.0 Å². The molecule has 27 heavy (non-hydrogen) atoms. The van der Waals surface area contributed by atoms with Crippen LogP contribution in [0.5, 0.6) is 11.5 Å². The molecule has 1 saturated heterocycles. The fraction of sp³-hybridized carbons (Fsp3) is 0.579. The predicted octanol–water partition coefficient (Wildman–Crippen LogP) is 0.780. The molecule has 1 aliphatic rings. The molecule has 2 N–H and O–H groups in total. The highest BCUT2D eigenvalue weighted by Gasteiger charge is 2.26. The predicted molar refractivity (Wildman–Crippen MR) is 102 cm³/mol. The van der Waals surface area contributed by atoms with Crippen LogP contribution in [0, 0.1) is 0 Å². The number of rotatable bonds is 8. The average molecular weight is 380 g/mol. The van der Waals surface area contributed by atoms with Crippen LogP contribution in [0.25, 0.3) is 0 Å². The van der Waals surface area contributed by atoms with Gasteiger partial charge in [-0.25, -0.2) is 4.79 Å². The number of hydrogen-bond donors (Lipinski definition) is 2. The maximum atomic E-state index is 12.4. The molecule has 8 heteroatoms. The molecule has 2 amide bonds. The van der Waals surface area contributed by atoms with E-state index in [1.165, 1.54) is 0 Å². The molecule has 0 saturated carbocycles. The number of amides is 2. The summed E-state index contributed by atoms with van der Waals surface area (Å²) >= 11 is 0. The number of carbonyl (C=O) groups is 2. The average Bonchev–Trinajstić information content (AvgIpc) is 2.65. The van der Waals surface area contributed by atoms with Crippen molar-refractivity contribution < 1.29 is 28.7 Å². The lowest BCUT2D eigenvalue weighted by Gasteiger charge is -2.31. The standard InChI is InChI=1S/C19H29N3O5/c1-4-25-16-8-7-15(13-17(16)26-5-2)20-18(23)14-21-9-11-22(12-10-21)19(24)27-6-3/h7-8,13H,4-6,9-12,14H2,1-3H3,(H,20,23)/p+1. The van der Waals surface area contributed by atoms with Crippen LogP contribution in [-0.4, -0.2) is 69.4 Å². The number of benzene rings is 1. The lowest BCUT2D eigenvalue weighted by Crippen LogP contribution is -3.15. The maximum absolute atomic E-state index is 12.4. The zero-order valence-electron chi connectivity index (χ0n) is 16.4. The Balaban J connectivity index is 1.85. The molecule has 0 atom stereocenters. The van der Waals surface area contributed by atoms with E-state index in [4.69, 9.17) is 14.2 Å². The van der Waals surface area contributed by atoms with E-state index in [1.807, 2.05) is 13.8 Å². The van der Waals surface area contributed by atoms with E-state index < -0.39 is 0 Å². The van der Waals surface area contributed by atoms with Gasteiger partial charge in [0.25, 0.3) is 5.91 Å². The fourth-order valence-corrected chi connectivity index (χ4v) is 2.96. The Kier molecular flexibility index (Phi) is 8.19. The highest BCUT2D eigenvalue weighted by atomic mass is 16.6. The van der Waals surface area contributed by atoms with Crippen LogP contribution >= 0.6 is 0 Å². The first-order chi connectivity index (χ1) is 13.1. The van der Waals surface area contributed by atoms with Crippen molar-refractivity contribution in [3.05, 3.63) is 18.2 Å². The Morgan fingerprint density at radius 3 is 2.33 bits per heavy atom. The minimum atomic E-state index is -0.279. The molecule has 1 fully saturated rings. The van der Waals surface area contributed by atoms with Crippen LogP contribution in [0.3, 0.4) is 0 Å². The number of anilines is 1. The van der Waals surface area contributed by atoms with Gasteiger partial charge in [0, 0.05) is 11.8 Å². The summed E-state index contributed by atoms with van der Waals surface area (Å²) < 4.78 is 16.1. The van der Waals surface area contributed by atoms with Crippen LogP contribution in [0.2, 0.25) is 0 Å². The van der Waals surface area contributed by atoms with Crippen molar-refractivity contribution in [2.24, 2.45) is 0 Å². The lowest BCUT2D eigenvalue weighted by molar-refractivity contribution is -0.895. The molecule has 1 aliphatic heterocycles. The van der Waals surface area contributed by atoms with Gasteiger partial charge in [-0.1, -0.05) is 0 Å². The van der Waals surface area contributed by atoms with Crippen molar-refractivity contribution in [1.29, 1.82) is 0 Å². The Bertz CT molecular complexity index is 630. The molecule has 0 aromatic heterocycles. The highest BCUT2D eigenvalue weighted by molar-refractivity contribution is 5.91. The van der Waals surface area contributed by atoms with Gasteiger partial charge in [0.2, 0.25) is 0 Å². The quantitative estimate of drug-likeness (QED) is 0.697. The third-order valence-corrected chi connectivity index (χ3v) is 4.23. The molecule has 1 aromatic carbocycles. The Morgan fingerprint density at radius 1 is 1.04 bits per heavy atom. The molecule has 0 bridgehead atoms. The number of hydrogen-bond acceptors (Lipinski definition) is 5. The second-order valence-electron chi connectivity index (χ2n) is 6.19. The molecule has 0 spiro atoms. The van der Waals surface area contributed by atoms with Crippen molar-refractivity contribution in [1.82, 2.24) is 4.90 Å². The number of quaternary nitrogens is 1. The summed E-state index contributed by atoms with van der Waals surface area (Å²) in [6.07, 6.45) is -0.279. The summed E-state index contributed by atoms with van der Waals surface area (Å²) in [5, 5.41) is 2.91. The van der Waals surface area contributed by atoms with Crippen LogP contribution < -0.4 is 19.7 Å². The van der Waals surface area contributed by atoms with E-state index in [9.17, 15) is 9.59 Å². The molecule has 2 rings (SSSR count). The van der Waals surface area contributed by atoms with E-state index >= 15 is 0 Å². The van der Waals surface area contributed by atoms with Crippen LogP contribution in [0.1, 0.15) is 20.8 Å². The summed E-state index contributed by atoms with van der Waals surface area (Å²) in [4.78, 5) is 26.9. The number of nitrogens with one attached hydrogen (secondary N) is 2. The molecule has 8 nitrogen and oxygen atoms in total. The molecule has 0 unspecified atom stereocenters. The minimum absolute atomic E-state index is 0.0683. The van der Waals surface area contributed by atoms with Gasteiger partial charge in [-0.2, -0.15) is 0 Å². The van der Waals surface area contributed by atoms with Crippen LogP contribution in [0.15, 0.2) is 18.2 Å². The number of carbonyl (C=O) groups excluding carboxylic acids is 2. The summed E-state index contributed by atoms with van der Waals surface area (Å²) in [6.45, 7) is 10.0. The van der Waals surface area contributed by atoms with Gasteiger partial charge in [-0.15, -0.1) is 0 Å². The largest absolute Gasteiger partial charge is 0.490 e. The third kappa shape index (κ3) is 6.32. The van der Waals surface area contributed by atoms with E-state index in [-0.39, 0.29) is 12.0 Å². The van der Waals surface area contributed by atoms with Crippen molar-refractivity contribution in [2.75, 3.05) is 57.9 Å². The highest BCUT2D eigenvalue weighted by Crippen LogP contribution is 2.30. The Hall–Kier alpha value is -2.48. The molecule has 0 radical (unpaired) electrons. The summed E-state index contributed by atoms with van der Waals surface area (Å²) in [5.74, 6) is 1.21. The maximum Gasteiger partial charge on any atom is 0.410 e. The van der Waals surface area contributed by atoms with Crippen LogP contribution in [0.4, 0.5) is 10.5 Å². The van der Waals surface area contributed by atoms with Crippen molar-refractivity contribution in [3.63, 3.8) is 0 Å². The SMILES string of the molecule is CCOC(=O)N1CC[NH+](CC(=O)Nc2ccc(OCC)c(OCC)c2)CC1. The molecular weight excluding hydrogens is 350 g/mol. The third-order valence-electron chi connectivity index (χ3n) is 4.23. The monoisotopic (exact) mass is 380 g/mol. The van der Waals surface area contributed by atoms with Gasteiger partial charge >= 0.3 is 6.09 Å².